The van der Waals surface area contributed by atoms with Crippen LogP contribution in [0.2, 0.25) is 0 Å². The maximum Gasteiger partial charge on any atom is 0.417 e. The summed E-state index contributed by atoms with van der Waals surface area (Å²) in [6.07, 6.45) is -9.91. The second kappa shape index (κ2) is 10.6. The number of amides is 2. The van der Waals surface area contributed by atoms with E-state index >= 15 is 0 Å². The summed E-state index contributed by atoms with van der Waals surface area (Å²) in [6, 6.07) is 11.4. The molecular weight excluding hydrogens is 534 g/mol. The van der Waals surface area contributed by atoms with E-state index in [1.54, 1.807) is 41.5 Å². The van der Waals surface area contributed by atoms with Gasteiger partial charge in [0.1, 0.15) is 0 Å². The van der Waals surface area contributed by atoms with Gasteiger partial charge < -0.3 is 10.6 Å². The summed E-state index contributed by atoms with van der Waals surface area (Å²) in [5, 5.41) is 5.12. The topological polar surface area (TPSA) is 58.2 Å². The molecule has 2 N–H and O–H groups in total. The van der Waals surface area contributed by atoms with Crippen molar-refractivity contribution in [2.45, 2.75) is 64.8 Å². The fourth-order valence-electron chi connectivity index (χ4n) is 3.96. The predicted molar refractivity (Wildman–Crippen MR) is 142 cm³/mol. The molecule has 0 unspecified atom stereocenters. The molecule has 0 spiro atoms. The normalized spacial score (nSPS) is 12.7. The van der Waals surface area contributed by atoms with Gasteiger partial charge in [-0.05, 0) is 85.3 Å². The molecule has 0 saturated carbocycles. The van der Waals surface area contributed by atoms with Crippen LogP contribution in [-0.2, 0) is 17.8 Å². The van der Waals surface area contributed by atoms with E-state index in [1.165, 1.54) is 30.3 Å². The van der Waals surface area contributed by atoms with Crippen molar-refractivity contribution in [3.63, 3.8) is 0 Å². The average Bonchev–Trinajstić information content (AvgIpc) is 2.81. The minimum Gasteiger partial charge on any atom is -0.347 e. The van der Waals surface area contributed by atoms with Gasteiger partial charge in [-0.25, -0.2) is 0 Å². The van der Waals surface area contributed by atoms with Crippen molar-refractivity contribution >= 4 is 17.5 Å². The van der Waals surface area contributed by atoms with Gasteiger partial charge >= 0.3 is 12.4 Å². The molecule has 2 amide bonds. The highest BCUT2D eigenvalue weighted by Crippen LogP contribution is 2.44. The first kappa shape index (κ1) is 30.7. The van der Waals surface area contributed by atoms with Gasteiger partial charge in [0.25, 0.3) is 11.8 Å². The molecule has 4 nitrogen and oxygen atoms in total. The van der Waals surface area contributed by atoms with Crippen LogP contribution in [-0.4, -0.2) is 17.4 Å². The Balaban J connectivity index is 1.97. The summed E-state index contributed by atoms with van der Waals surface area (Å²) < 4.78 is 84.1. The summed E-state index contributed by atoms with van der Waals surface area (Å²) in [4.78, 5) is 25.0. The summed E-state index contributed by atoms with van der Waals surface area (Å²) >= 11 is 0. The molecule has 3 aromatic rings. The van der Waals surface area contributed by atoms with Crippen LogP contribution in [0.1, 0.15) is 78.9 Å². The van der Waals surface area contributed by atoms with E-state index in [4.69, 9.17) is 0 Å². The Morgan fingerprint density at radius 1 is 0.600 bits per heavy atom. The van der Waals surface area contributed by atoms with Gasteiger partial charge in [-0.2, -0.15) is 26.3 Å². The van der Waals surface area contributed by atoms with E-state index in [0.29, 0.717) is 11.6 Å². The number of nitrogens with one attached hydrogen (secondary N) is 2. The van der Waals surface area contributed by atoms with Crippen LogP contribution >= 0.6 is 0 Å². The van der Waals surface area contributed by atoms with Gasteiger partial charge in [-0.1, -0.05) is 39.0 Å². The minimum absolute atomic E-state index is 0.0714. The molecule has 0 atom stereocenters. The fraction of sp³-hybridized carbons (Fsp3) is 0.333. The van der Waals surface area contributed by atoms with Gasteiger partial charge in [-0.15, -0.1) is 0 Å². The van der Waals surface area contributed by atoms with Gasteiger partial charge in [-0.3, -0.25) is 9.59 Å². The summed E-state index contributed by atoms with van der Waals surface area (Å²) in [5.41, 5.74) is -4.50. The molecule has 10 heteroatoms. The molecule has 0 radical (unpaired) electrons. The minimum atomic E-state index is -5.01. The van der Waals surface area contributed by atoms with Crippen molar-refractivity contribution in [1.82, 2.24) is 5.32 Å². The third-order valence-corrected chi connectivity index (χ3v) is 5.96. The highest BCUT2D eigenvalue weighted by atomic mass is 19.4. The van der Waals surface area contributed by atoms with Crippen molar-refractivity contribution < 1.29 is 35.9 Å². The Hall–Kier alpha value is -3.82. The smallest absolute Gasteiger partial charge is 0.347 e. The first-order valence-electron chi connectivity index (χ1n) is 12.3. The highest BCUT2D eigenvalue weighted by Gasteiger charge is 2.39. The molecule has 0 aliphatic rings. The molecular formula is C30H30F6N2O2. The zero-order chi connectivity index (χ0) is 30.3. The van der Waals surface area contributed by atoms with E-state index in [9.17, 15) is 35.9 Å². The fourth-order valence-corrected chi connectivity index (χ4v) is 3.96. The second-order valence-electron chi connectivity index (χ2n) is 11.5. The molecule has 0 aliphatic heterocycles. The van der Waals surface area contributed by atoms with E-state index in [1.807, 2.05) is 0 Å². The SMILES string of the molecule is CC(C)(C)NC(=O)c1ccc(C(=O)Nc2ccc(-c3ccc(C(C)(C)C)cc3C(F)(F)F)c(C(F)(F)F)c2)cc1. The average molecular weight is 565 g/mol. The molecule has 0 aliphatic carbocycles. The second-order valence-corrected chi connectivity index (χ2v) is 11.5. The van der Waals surface area contributed by atoms with Crippen molar-refractivity contribution in [2.75, 3.05) is 5.32 Å². The molecule has 3 aromatic carbocycles. The van der Waals surface area contributed by atoms with Crippen LogP contribution in [0, 0.1) is 0 Å². The van der Waals surface area contributed by atoms with Crippen LogP contribution in [0.4, 0.5) is 32.0 Å². The van der Waals surface area contributed by atoms with Crippen LogP contribution in [0.5, 0.6) is 0 Å². The lowest BCUT2D eigenvalue weighted by molar-refractivity contribution is -0.139. The Morgan fingerprint density at radius 2 is 1.05 bits per heavy atom. The monoisotopic (exact) mass is 564 g/mol. The Morgan fingerprint density at radius 3 is 1.50 bits per heavy atom. The van der Waals surface area contributed by atoms with Gasteiger partial charge in [0.05, 0.1) is 11.1 Å². The molecule has 0 saturated heterocycles. The number of benzene rings is 3. The molecule has 3 rings (SSSR count). The zero-order valence-electron chi connectivity index (χ0n) is 22.9. The number of rotatable bonds is 4. The number of hydrogen-bond donors (Lipinski definition) is 2. The standard InChI is InChI=1S/C30H30F6N2O2/c1-27(2,3)19-11-13-21(23(15-19)29(31,32)33)22-14-12-20(16-24(22)30(34,35)36)37-25(39)17-7-9-18(10-8-17)26(40)38-28(4,5)6/h7-16H,1-6H3,(H,37,39)(H,38,40). The van der Waals surface area contributed by atoms with Crippen molar-refractivity contribution in [1.29, 1.82) is 0 Å². The predicted octanol–water partition coefficient (Wildman–Crippen LogP) is 8.47. The Labute approximate surface area is 228 Å². The zero-order valence-corrected chi connectivity index (χ0v) is 22.9. The van der Waals surface area contributed by atoms with Crippen molar-refractivity contribution in [3.05, 3.63) is 88.5 Å². The number of carbonyl (C=O) groups is 2. The quantitative estimate of drug-likeness (QED) is 0.312. The van der Waals surface area contributed by atoms with Crippen molar-refractivity contribution in [3.8, 4) is 11.1 Å². The van der Waals surface area contributed by atoms with Crippen molar-refractivity contribution in [2.24, 2.45) is 0 Å². The number of halogens is 6. The van der Waals surface area contributed by atoms with Gasteiger partial charge in [0, 0.05) is 22.4 Å². The largest absolute Gasteiger partial charge is 0.417 e. The Kier molecular flexibility index (Phi) is 8.16. The number of hydrogen-bond acceptors (Lipinski definition) is 2. The number of alkyl halides is 6. The van der Waals surface area contributed by atoms with Gasteiger partial charge in [0.15, 0.2) is 0 Å². The summed E-state index contributed by atoms with van der Waals surface area (Å²) in [6.45, 7) is 10.5. The maximum absolute atomic E-state index is 14.1. The van der Waals surface area contributed by atoms with Gasteiger partial charge in [0.2, 0.25) is 0 Å². The first-order chi connectivity index (χ1) is 18.2. The lowest BCUT2D eigenvalue weighted by Crippen LogP contribution is -2.40. The van der Waals surface area contributed by atoms with E-state index in [2.05, 4.69) is 10.6 Å². The third kappa shape index (κ3) is 7.43. The Bertz CT molecular complexity index is 1410. The van der Waals surface area contributed by atoms with Crippen LogP contribution < -0.4 is 10.6 Å². The van der Waals surface area contributed by atoms with E-state index in [-0.39, 0.29) is 22.7 Å². The lowest BCUT2D eigenvalue weighted by atomic mass is 9.83. The molecule has 214 valence electrons. The number of anilines is 1. The maximum atomic E-state index is 14.1. The van der Waals surface area contributed by atoms with Crippen LogP contribution in [0.25, 0.3) is 11.1 Å². The van der Waals surface area contributed by atoms with Crippen LogP contribution in [0.3, 0.4) is 0 Å². The molecule has 0 fully saturated rings. The highest BCUT2D eigenvalue weighted by molar-refractivity contribution is 6.05. The first-order valence-corrected chi connectivity index (χ1v) is 12.3. The summed E-state index contributed by atoms with van der Waals surface area (Å²) in [5.74, 6) is -1.12. The molecule has 0 bridgehead atoms. The number of carbonyl (C=O) groups excluding carboxylic acids is 2. The lowest BCUT2D eigenvalue weighted by Gasteiger charge is -2.23. The van der Waals surface area contributed by atoms with Crippen LogP contribution in [0.15, 0.2) is 60.7 Å². The molecule has 0 heterocycles. The summed E-state index contributed by atoms with van der Waals surface area (Å²) in [7, 11) is 0. The molecule has 40 heavy (non-hydrogen) atoms. The molecule has 0 aromatic heterocycles. The van der Waals surface area contributed by atoms with E-state index < -0.39 is 51.5 Å². The third-order valence-electron chi connectivity index (χ3n) is 5.96. The van der Waals surface area contributed by atoms with E-state index in [0.717, 1.165) is 24.3 Å².